The number of aliphatic carboxylic acids is 1. The number of anilines is 1. The van der Waals surface area contributed by atoms with Gasteiger partial charge < -0.3 is 23.2 Å². The van der Waals surface area contributed by atoms with Gasteiger partial charge in [-0.05, 0) is 17.7 Å². The van der Waals surface area contributed by atoms with Gasteiger partial charge in [-0.15, -0.1) is 0 Å². The van der Waals surface area contributed by atoms with Crippen molar-refractivity contribution in [1.82, 2.24) is 4.98 Å². The molecule has 6 heteroatoms. The van der Waals surface area contributed by atoms with Gasteiger partial charge in [-0.25, -0.2) is 4.98 Å². The number of nitrogen functional groups attached to an aromatic ring is 1. The van der Waals surface area contributed by atoms with Gasteiger partial charge in [-0.2, -0.15) is 0 Å². The third-order valence-corrected chi connectivity index (χ3v) is 2.67. The number of nitrogens with zero attached hydrogens (tertiary/aromatic N) is 1. The lowest BCUT2D eigenvalue weighted by molar-refractivity contribution is -0.136. The van der Waals surface area contributed by atoms with E-state index in [4.69, 9.17) is 10.8 Å². The number of carboxylic acids is 1. The molecule has 0 spiro atoms. The van der Waals surface area contributed by atoms with E-state index in [-0.39, 0.29) is 18.8 Å². The van der Waals surface area contributed by atoms with Gasteiger partial charge in [-0.3, -0.25) is 4.79 Å². The Kier molecular flexibility index (Phi) is 3.49. The number of benzene rings is 1. The average Bonchev–Trinajstić information content (AvgIpc) is 2.42. The molecule has 0 atom stereocenters. The Balaban J connectivity index is 0.00000112. The normalized spacial score (nSPS) is 9.87. The summed E-state index contributed by atoms with van der Waals surface area (Å²) in [6, 6.07) is 5.37. The number of carbonyl (C=O) groups is 1. The fraction of sp³-hybridized carbons (Fsp3) is 0.111. The summed E-state index contributed by atoms with van der Waals surface area (Å²) >= 11 is 1.37. The maximum atomic E-state index is 10.5. The molecule has 0 aliphatic heterocycles. The van der Waals surface area contributed by atoms with Crippen LogP contribution in [0.5, 0.6) is 0 Å². The van der Waals surface area contributed by atoms with Crippen LogP contribution in [-0.2, 0) is 11.2 Å². The van der Waals surface area contributed by atoms with E-state index in [1.54, 1.807) is 12.1 Å². The summed E-state index contributed by atoms with van der Waals surface area (Å²) < 4.78 is 0.932. The first-order chi connectivity index (χ1) is 6.65. The van der Waals surface area contributed by atoms with Crippen molar-refractivity contribution in [3.05, 3.63) is 23.8 Å². The summed E-state index contributed by atoms with van der Waals surface area (Å²) in [6.45, 7) is 0. The van der Waals surface area contributed by atoms with Crippen LogP contribution in [0.3, 0.4) is 0 Å². The van der Waals surface area contributed by atoms with Crippen LogP contribution in [0.15, 0.2) is 18.2 Å². The number of rotatable bonds is 2. The predicted molar refractivity (Wildman–Crippen MR) is 55.4 cm³/mol. The van der Waals surface area contributed by atoms with Crippen LogP contribution in [-0.4, -0.2) is 16.1 Å². The summed E-state index contributed by atoms with van der Waals surface area (Å²) in [6.07, 6.45) is 0.0355. The number of hydrogen-bond acceptors (Lipinski definition) is 4. The highest BCUT2D eigenvalue weighted by molar-refractivity contribution is 7.22. The zero-order valence-electron chi connectivity index (χ0n) is 7.61. The summed E-state index contributed by atoms with van der Waals surface area (Å²) in [5.74, 6) is -0.832. The molecule has 0 fully saturated rings. The Morgan fingerprint density at radius 2 is 2.27 bits per heavy atom. The number of aromatic nitrogens is 1. The third kappa shape index (κ3) is 2.57. The van der Waals surface area contributed by atoms with Crippen molar-refractivity contribution in [1.29, 1.82) is 0 Å². The van der Waals surface area contributed by atoms with Crippen molar-refractivity contribution in [2.24, 2.45) is 0 Å². The average molecular weight is 244 g/mol. The fourth-order valence-corrected chi connectivity index (χ4v) is 2.07. The zero-order chi connectivity index (χ0) is 10.1. The number of carboxylic acid groups (broad SMARTS) is 1. The second-order valence-electron chi connectivity index (χ2n) is 2.92. The molecule has 80 valence electrons. The van der Waals surface area contributed by atoms with Gasteiger partial charge in [0.05, 0.1) is 16.6 Å². The first kappa shape index (κ1) is 11.7. The number of fused-ring (bicyclic) bond motifs is 1. The maximum absolute atomic E-state index is 10.5. The minimum absolute atomic E-state index is 0. The molecule has 0 aliphatic rings. The van der Waals surface area contributed by atoms with Crippen LogP contribution in [0, 0.1) is 0 Å². The van der Waals surface area contributed by atoms with Crippen molar-refractivity contribution in [3.63, 3.8) is 0 Å². The van der Waals surface area contributed by atoms with E-state index in [1.165, 1.54) is 11.3 Å². The lowest BCUT2D eigenvalue weighted by Crippen LogP contribution is -3.00. The van der Waals surface area contributed by atoms with Crippen molar-refractivity contribution in [3.8, 4) is 0 Å². The second kappa shape index (κ2) is 4.46. The fourth-order valence-electron chi connectivity index (χ4n) is 1.27. The van der Waals surface area contributed by atoms with E-state index in [9.17, 15) is 4.79 Å². The Morgan fingerprint density at radius 3 is 2.93 bits per heavy atom. The van der Waals surface area contributed by atoms with E-state index in [2.05, 4.69) is 4.98 Å². The van der Waals surface area contributed by atoms with Crippen LogP contribution in [0.25, 0.3) is 10.2 Å². The number of thiazole rings is 1. The molecule has 1 aromatic heterocycles. The van der Waals surface area contributed by atoms with Crippen molar-refractivity contribution < 1.29 is 22.3 Å². The molecule has 2 rings (SSSR count). The molecule has 15 heavy (non-hydrogen) atoms. The molecule has 0 unspecified atom stereocenters. The van der Waals surface area contributed by atoms with E-state index < -0.39 is 5.97 Å². The maximum Gasteiger partial charge on any atom is 0.307 e. The summed E-state index contributed by atoms with van der Waals surface area (Å²) in [5, 5.41) is 9.11. The van der Waals surface area contributed by atoms with Crippen LogP contribution < -0.4 is 18.1 Å². The summed E-state index contributed by atoms with van der Waals surface area (Å²) in [4.78, 5) is 14.6. The standard InChI is InChI=1S/C9H8N2O2S.ClH/c10-9-11-6-2-1-5(4-8(12)13)3-7(6)14-9;/h1-3H,4H2,(H2,10,11)(H,12,13);1H/p-1. The molecule has 1 aromatic carbocycles. The van der Waals surface area contributed by atoms with Crippen LogP contribution in [0.2, 0.25) is 0 Å². The van der Waals surface area contributed by atoms with Crippen LogP contribution in [0.4, 0.5) is 5.13 Å². The van der Waals surface area contributed by atoms with Crippen LogP contribution in [0.1, 0.15) is 5.56 Å². The third-order valence-electron chi connectivity index (χ3n) is 1.82. The van der Waals surface area contributed by atoms with Crippen molar-refractivity contribution >= 4 is 32.7 Å². The molecule has 0 saturated heterocycles. The zero-order valence-corrected chi connectivity index (χ0v) is 9.18. The van der Waals surface area contributed by atoms with Crippen molar-refractivity contribution in [2.45, 2.75) is 6.42 Å². The molecular weight excluding hydrogens is 236 g/mol. The van der Waals surface area contributed by atoms with Gasteiger partial charge in [0, 0.05) is 0 Å². The molecule has 0 saturated carbocycles. The molecule has 0 bridgehead atoms. The summed E-state index contributed by atoms with van der Waals surface area (Å²) in [5.41, 5.74) is 7.13. The molecule has 1 heterocycles. The Labute approximate surface area is 96.2 Å². The van der Waals surface area contributed by atoms with Gasteiger partial charge in [0.25, 0.3) is 0 Å². The van der Waals surface area contributed by atoms with Gasteiger partial charge in [0.2, 0.25) is 0 Å². The number of nitrogens with two attached hydrogens (primary N) is 1. The van der Waals surface area contributed by atoms with Crippen molar-refractivity contribution in [2.75, 3.05) is 5.73 Å². The van der Waals surface area contributed by atoms with Gasteiger partial charge in [0.1, 0.15) is 0 Å². The quantitative estimate of drug-likeness (QED) is 0.674. The first-order valence-corrected chi connectivity index (χ1v) is 4.83. The largest absolute Gasteiger partial charge is 1.00 e. The SMILES string of the molecule is Nc1nc2ccc(CC(=O)O)cc2s1.[Cl-]. The predicted octanol–water partition coefficient (Wildman–Crippen LogP) is -1.49. The highest BCUT2D eigenvalue weighted by Gasteiger charge is 2.04. The smallest absolute Gasteiger partial charge is 0.307 e. The van der Waals surface area contributed by atoms with Gasteiger partial charge in [0.15, 0.2) is 5.13 Å². The summed E-state index contributed by atoms with van der Waals surface area (Å²) in [7, 11) is 0. The number of hydrogen-bond donors (Lipinski definition) is 2. The van der Waals surface area contributed by atoms with Gasteiger partial charge >= 0.3 is 5.97 Å². The highest BCUT2D eigenvalue weighted by Crippen LogP contribution is 2.24. The monoisotopic (exact) mass is 243 g/mol. The first-order valence-electron chi connectivity index (χ1n) is 4.02. The lowest BCUT2D eigenvalue weighted by Gasteiger charge is -1.95. The van der Waals surface area contributed by atoms with E-state index in [0.717, 1.165) is 15.8 Å². The Hall–Kier alpha value is -1.33. The number of halogens is 1. The topological polar surface area (TPSA) is 76.2 Å². The van der Waals surface area contributed by atoms with E-state index in [0.29, 0.717) is 5.13 Å². The highest BCUT2D eigenvalue weighted by atomic mass is 35.5. The minimum atomic E-state index is -0.832. The van der Waals surface area contributed by atoms with Gasteiger partial charge in [-0.1, -0.05) is 17.4 Å². The van der Waals surface area contributed by atoms with E-state index in [1.807, 2.05) is 6.07 Å². The molecule has 0 amide bonds. The molecule has 4 nitrogen and oxygen atoms in total. The molecule has 0 radical (unpaired) electrons. The molecule has 3 N–H and O–H groups in total. The molecule has 2 aromatic rings. The minimum Gasteiger partial charge on any atom is -1.00 e. The molecular formula is C9H8ClN2O2S-. The lowest BCUT2D eigenvalue weighted by atomic mass is 10.1. The van der Waals surface area contributed by atoms with E-state index >= 15 is 0 Å². The molecule has 0 aliphatic carbocycles. The Bertz CT molecular complexity index is 498. The second-order valence-corrected chi connectivity index (χ2v) is 3.99. The Morgan fingerprint density at radius 1 is 1.53 bits per heavy atom. The van der Waals surface area contributed by atoms with Crippen LogP contribution >= 0.6 is 11.3 Å².